The van der Waals surface area contributed by atoms with Crippen LogP contribution in [0.25, 0.3) is 0 Å². The van der Waals surface area contributed by atoms with Crippen molar-refractivity contribution >= 4 is 18.4 Å². The van der Waals surface area contributed by atoms with E-state index in [9.17, 15) is 4.79 Å². The first kappa shape index (κ1) is 20.5. The molecule has 1 aromatic carbocycles. The van der Waals surface area contributed by atoms with Gasteiger partial charge in [0.2, 0.25) is 0 Å². The van der Waals surface area contributed by atoms with Crippen molar-refractivity contribution in [2.75, 3.05) is 46.9 Å². The van der Waals surface area contributed by atoms with Crippen molar-refractivity contribution in [2.24, 2.45) is 0 Å². The van der Waals surface area contributed by atoms with E-state index in [0.717, 1.165) is 44.2 Å². The number of ether oxygens (including phenoxy) is 2. The summed E-state index contributed by atoms with van der Waals surface area (Å²) in [6, 6.07) is 4.06. The minimum atomic E-state index is -0.728. The number of hydrogen-bond donors (Lipinski definition) is 1. The number of aliphatic carboxylic acids is 1. The van der Waals surface area contributed by atoms with Crippen molar-refractivity contribution in [3.63, 3.8) is 0 Å². The Hall–Kier alpha value is -1.50. The highest BCUT2D eigenvalue weighted by atomic mass is 35.5. The van der Waals surface area contributed by atoms with Crippen LogP contribution in [0, 0.1) is 6.92 Å². The molecule has 1 saturated heterocycles. The summed E-state index contributed by atoms with van der Waals surface area (Å²) in [5, 5.41) is 8.75. The fraction of sp³-hybridized carbons (Fsp3) is 0.588. The molecule has 1 aliphatic heterocycles. The molecule has 0 saturated carbocycles. The smallest absolute Gasteiger partial charge is 0.304 e. The monoisotopic (exact) mass is 358 g/mol. The number of hydrogen-bond acceptors (Lipinski definition) is 5. The highest BCUT2D eigenvalue weighted by molar-refractivity contribution is 5.85. The van der Waals surface area contributed by atoms with Gasteiger partial charge in [-0.2, -0.15) is 0 Å². The van der Waals surface area contributed by atoms with Gasteiger partial charge in [-0.25, -0.2) is 0 Å². The molecule has 0 amide bonds. The third-order valence-electron chi connectivity index (χ3n) is 4.34. The van der Waals surface area contributed by atoms with Crippen LogP contribution in [0.2, 0.25) is 0 Å². The van der Waals surface area contributed by atoms with Gasteiger partial charge in [0.25, 0.3) is 0 Å². The Morgan fingerprint density at radius 2 is 1.62 bits per heavy atom. The standard InChI is InChI=1S/C17H26N2O4.ClH/c1-13-10-15(22-2)16(23-3)11-14(13)12-19-8-6-18(7-9-19)5-4-17(20)21;/h10-11H,4-9,12H2,1-3H3,(H,20,21);1H. The van der Waals surface area contributed by atoms with E-state index in [0.29, 0.717) is 6.54 Å². The molecule has 1 aromatic rings. The summed E-state index contributed by atoms with van der Waals surface area (Å²) in [6.45, 7) is 7.33. The Labute approximate surface area is 149 Å². The third-order valence-corrected chi connectivity index (χ3v) is 4.34. The SMILES string of the molecule is COc1cc(C)c(CN2CCN(CCC(=O)O)CC2)cc1OC.Cl. The first-order valence-electron chi connectivity index (χ1n) is 7.91. The first-order valence-corrected chi connectivity index (χ1v) is 7.91. The van der Waals surface area contributed by atoms with Crippen LogP contribution in [0.15, 0.2) is 12.1 Å². The van der Waals surface area contributed by atoms with E-state index < -0.39 is 5.97 Å². The zero-order chi connectivity index (χ0) is 16.8. The van der Waals surface area contributed by atoms with E-state index in [-0.39, 0.29) is 18.8 Å². The molecule has 0 radical (unpaired) electrons. The lowest BCUT2D eigenvalue weighted by Gasteiger charge is -2.34. The molecule has 1 heterocycles. The van der Waals surface area contributed by atoms with Crippen LogP contribution in [-0.4, -0.2) is 67.8 Å². The maximum atomic E-state index is 10.6. The highest BCUT2D eigenvalue weighted by Crippen LogP contribution is 2.30. The van der Waals surface area contributed by atoms with Gasteiger partial charge in [-0.15, -0.1) is 12.4 Å². The Morgan fingerprint density at radius 3 is 2.17 bits per heavy atom. The van der Waals surface area contributed by atoms with Gasteiger partial charge in [-0.05, 0) is 30.2 Å². The summed E-state index contributed by atoms with van der Waals surface area (Å²) in [5.41, 5.74) is 2.43. The maximum Gasteiger partial charge on any atom is 0.304 e. The number of carboxylic acids is 1. The number of rotatable bonds is 7. The number of nitrogens with zero attached hydrogens (tertiary/aromatic N) is 2. The van der Waals surface area contributed by atoms with Gasteiger partial charge in [0.15, 0.2) is 11.5 Å². The molecule has 7 heteroatoms. The topological polar surface area (TPSA) is 62.2 Å². The van der Waals surface area contributed by atoms with Crippen LogP contribution in [0.5, 0.6) is 11.5 Å². The summed E-state index contributed by atoms with van der Waals surface area (Å²) in [5.74, 6) is 0.786. The quantitative estimate of drug-likeness (QED) is 0.804. The van der Waals surface area contributed by atoms with Crippen molar-refractivity contribution < 1.29 is 19.4 Å². The van der Waals surface area contributed by atoms with E-state index in [4.69, 9.17) is 14.6 Å². The molecule has 0 aliphatic carbocycles. The van der Waals surface area contributed by atoms with Gasteiger partial charge >= 0.3 is 5.97 Å². The minimum absolute atomic E-state index is 0. The van der Waals surface area contributed by atoms with Crippen molar-refractivity contribution in [2.45, 2.75) is 19.9 Å². The molecule has 0 atom stereocenters. The Morgan fingerprint density at radius 1 is 1.08 bits per heavy atom. The summed E-state index contributed by atoms with van der Waals surface area (Å²) in [4.78, 5) is 15.2. The minimum Gasteiger partial charge on any atom is -0.493 e. The van der Waals surface area contributed by atoms with Gasteiger partial charge < -0.3 is 19.5 Å². The molecule has 2 rings (SSSR count). The van der Waals surface area contributed by atoms with Crippen LogP contribution >= 0.6 is 12.4 Å². The van der Waals surface area contributed by atoms with Gasteiger partial charge in [0.05, 0.1) is 20.6 Å². The van der Waals surface area contributed by atoms with E-state index in [1.165, 1.54) is 11.1 Å². The molecule has 0 unspecified atom stereocenters. The number of benzene rings is 1. The summed E-state index contributed by atoms with van der Waals surface area (Å²) < 4.78 is 10.7. The molecule has 1 N–H and O–H groups in total. The second kappa shape index (κ2) is 9.71. The maximum absolute atomic E-state index is 10.6. The number of piperazine rings is 1. The molecule has 0 spiro atoms. The third kappa shape index (κ3) is 5.54. The van der Waals surface area contributed by atoms with E-state index in [1.54, 1.807) is 14.2 Å². The van der Waals surface area contributed by atoms with Crippen LogP contribution in [-0.2, 0) is 11.3 Å². The highest BCUT2D eigenvalue weighted by Gasteiger charge is 2.19. The van der Waals surface area contributed by atoms with E-state index >= 15 is 0 Å². The molecule has 0 aromatic heterocycles. The average molecular weight is 359 g/mol. The Kier molecular flexibility index (Phi) is 8.31. The number of carboxylic acid groups (broad SMARTS) is 1. The summed E-state index contributed by atoms with van der Waals surface area (Å²) >= 11 is 0. The van der Waals surface area contributed by atoms with Crippen molar-refractivity contribution in [1.82, 2.24) is 9.80 Å². The summed E-state index contributed by atoms with van der Waals surface area (Å²) in [7, 11) is 3.30. The van der Waals surface area contributed by atoms with Crippen LogP contribution in [0.3, 0.4) is 0 Å². The summed E-state index contributed by atoms with van der Waals surface area (Å²) in [6.07, 6.45) is 0.217. The number of methoxy groups -OCH3 is 2. The lowest BCUT2D eigenvalue weighted by molar-refractivity contribution is -0.137. The second-order valence-electron chi connectivity index (χ2n) is 5.90. The van der Waals surface area contributed by atoms with Gasteiger partial charge in [-0.3, -0.25) is 9.69 Å². The molecule has 1 fully saturated rings. The zero-order valence-electron chi connectivity index (χ0n) is 14.6. The van der Waals surface area contributed by atoms with Gasteiger partial charge in [0.1, 0.15) is 0 Å². The molecule has 1 aliphatic rings. The van der Waals surface area contributed by atoms with Gasteiger partial charge in [-0.1, -0.05) is 0 Å². The fourth-order valence-corrected chi connectivity index (χ4v) is 2.86. The molecule has 136 valence electrons. The van der Waals surface area contributed by atoms with Crippen LogP contribution in [0.4, 0.5) is 0 Å². The predicted molar refractivity (Wildman–Crippen MR) is 95.5 cm³/mol. The second-order valence-corrected chi connectivity index (χ2v) is 5.90. The van der Waals surface area contributed by atoms with Gasteiger partial charge in [0, 0.05) is 39.3 Å². The number of carbonyl (C=O) groups is 1. The lowest BCUT2D eigenvalue weighted by atomic mass is 10.1. The van der Waals surface area contributed by atoms with Crippen LogP contribution < -0.4 is 9.47 Å². The Balaban J connectivity index is 0.00000288. The molecular formula is C17H27ClN2O4. The predicted octanol–water partition coefficient (Wildman–Crippen LogP) is 2.03. The zero-order valence-corrected chi connectivity index (χ0v) is 15.4. The molecular weight excluding hydrogens is 332 g/mol. The Bertz CT molecular complexity index is 546. The van der Waals surface area contributed by atoms with E-state index in [2.05, 4.69) is 16.7 Å². The van der Waals surface area contributed by atoms with Crippen molar-refractivity contribution in [3.05, 3.63) is 23.3 Å². The number of halogens is 1. The molecule has 24 heavy (non-hydrogen) atoms. The van der Waals surface area contributed by atoms with Crippen molar-refractivity contribution in [3.8, 4) is 11.5 Å². The normalized spacial score (nSPS) is 15.6. The average Bonchev–Trinajstić information content (AvgIpc) is 2.55. The molecule has 0 bridgehead atoms. The largest absolute Gasteiger partial charge is 0.493 e. The van der Waals surface area contributed by atoms with E-state index in [1.807, 2.05) is 12.1 Å². The van der Waals surface area contributed by atoms with Crippen LogP contribution in [0.1, 0.15) is 17.5 Å². The first-order chi connectivity index (χ1) is 11.0. The fourth-order valence-electron chi connectivity index (χ4n) is 2.86. The lowest BCUT2D eigenvalue weighted by Crippen LogP contribution is -2.46. The van der Waals surface area contributed by atoms with Crippen molar-refractivity contribution in [1.29, 1.82) is 0 Å². The molecule has 6 nitrogen and oxygen atoms in total. The number of aryl methyl sites for hydroxylation is 1.